The van der Waals surface area contributed by atoms with Gasteiger partial charge in [0.2, 0.25) is 0 Å². The van der Waals surface area contributed by atoms with Gasteiger partial charge in [-0.05, 0) is 38.9 Å². The molecule has 0 aliphatic heterocycles. The van der Waals surface area contributed by atoms with Crippen molar-refractivity contribution in [3.8, 4) is 0 Å². The molecule has 0 amide bonds. The molecule has 2 aromatic rings. The molecule has 2 aromatic carbocycles. The summed E-state index contributed by atoms with van der Waals surface area (Å²) in [6.45, 7) is 20.7. The minimum absolute atomic E-state index is 0.0689. The Bertz CT molecular complexity index is 773. The van der Waals surface area contributed by atoms with Gasteiger partial charge in [0.1, 0.15) is 7.85 Å². The van der Waals surface area contributed by atoms with Crippen molar-refractivity contribution in [2.24, 2.45) is 0 Å². The molecule has 26 heavy (non-hydrogen) atoms. The highest BCUT2D eigenvalue weighted by Gasteiger charge is 2.42. The van der Waals surface area contributed by atoms with Gasteiger partial charge in [0, 0.05) is 0 Å². The van der Waals surface area contributed by atoms with Crippen molar-refractivity contribution in [2.45, 2.75) is 84.5 Å². The Kier molecular flexibility index (Phi) is 5.53. The third-order valence-electron chi connectivity index (χ3n) is 6.41. The maximum Gasteiger partial charge on any atom is 0.114 e. The van der Waals surface area contributed by atoms with Crippen molar-refractivity contribution in [3.05, 3.63) is 64.7 Å². The lowest BCUT2D eigenvalue weighted by Gasteiger charge is -2.46. The van der Waals surface area contributed by atoms with E-state index in [1.54, 1.807) is 0 Å². The molecule has 0 aliphatic carbocycles. The predicted molar refractivity (Wildman–Crippen MR) is 117 cm³/mol. The molecule has 0 spiro atoms. The molecule has 0 nitrogen and oxygen atoms in total. The van der Waals surface area contributed by atoms with E-state index in [2.05, 4.69) is 105 Å². The Hall–Kier alpha value is -1.50. The third kappa shape index (κ3) is 3.50. The van der Waals surface area contributed by atoms with E-state index in [9.17, 15) is 0 Å². The summed E-state index contributed by atoms with van der Waals surface area (Å²) in [5.74, 6) is 0.427. The fourth-order valence-electron chi connectivity index (χ4n) is 3.99. The van der Waals surface area contributed by atoms with Gasteiger partial charge in [-0.2, -0.15) is 0 Å². The largest absolute Gasteiger partial charge is 0.114 e. The number of benzene rings is 2. The number of hydrogen-bond donors (Lipinski definition) is 0. The van der Waals surface area contributed by atoms with E-state index in [0.29, 0.717) is 5.92 Å². The summed E-state index contributed by atoms with van der Waals surface area (Å²) in [7, 11) is 6.67. The van der Waals surface area contributed by atoms with E-state index in [4.69, 9.17) is 7.85 Å². The molecule has 0 heterocycles. The van der Waals surface area contributed by atoms with Crippen LogP contribution in [0.1, 0.15) is 90.5 Å². The SMILES string of the molecule is [B]c1c(C(C)C)cccc1C(C)(C)C(C)(C)c1ccccc1C(C)(C)C. The van der Waals surface area contributed by atoms with Crippen LogP contribution in [0.25, 0.3) is 0 Å². The van der Waals surface area contributed by atoms with Crippen molar-refractivity contribution >= 4 is 13.3 Å². The Morgan fingerprint density at radius 3 is 1.62 bits per heavy atom. The molecule has 0 fully saturated rings. The molecule has 2 rings (SSSR count). The maximum atomic E-state index is 6.67. The molecule has 138 valence electrons. The molecular weight excluding hydrogens is 311 g/mol. The standard InChI is InChI=1S/C25H35B/c1-17(2)18-13-12-16-21(22(18)26)25(8,9)24(6,7)20-15-11-10-14-19(20)23(3,4)5/h10-17H,1-9H3. The van der Waals surface area contributed by atoms with Gasteiger partial charge in [-0.25, -0.2) is 0 Å². The molecule has 0 aliphatic rings. The Morgan fingerprint density at radius 1 is 0.654 bits per heavy atom. The second kappa shape index (κ2) is 6.91. The van der Waals surface area contributed by atoms with Crippen LogP contribution in [0.15, 0.2) is 42.5 Å². The molecule has 0 N–H and O–H groups in total. The number of hydrogen-bond acceptors (Lipinski definition) is 0. The van der Waals surface area contributed by atoms with Crippen molar-refractivity contribution in [3.63, 3.8) is 0 Å². The molecular formula is C25H35B. The van der Waals surface area contributed by atoms with Gasteiger partial charge in [0.25, 0.3) is 0 Å². The Morgan fingerprint density at radius 2 is 1.12 bits per heavy atom. The summed E-state index contributed by atoms with van der Waals surface area (Å²) >= 11 is 0. The highest BCUT2D eigenvalue weighted by molar-refractivity contribution is 6.34. The van der Waals surface area contributed by atoms with Crippen LogP contribution in [0.4, 0.5) is 0 Å². The zero-order valence-electron chi connectivity index (χ0n) is 18.2. The second-order valence-electron chi connectivity index (χ2n) is 10.0. The van der Waals surface area contributed by atoms with E-state index < -0.39 is 0 Å². The topological polar surface area (TPSA) is 0 Å². The first kappa shape index (κ1) is 20.8. The van der Waals surface area contributed by atoms with Crippen LogP contribution in [-0.4, -0.2) is 7.85 Å². The molecule has 0 unspecified atom stereocenters. The first-order valence-corrected chi connectivity index (χ1v) is 9.80. The molecule has 1 heteroatoms. The Balaban J connectivity index is 2.68. The van der Waals surface area contributed by atoms with Crippen LogP contribution in [-0.2, 0) is 16.2 Å². The molecule has 0 bridgehead atoms. The summed E-state index contributed by atoms with van der Waals surface area (Å²) in [5.41, 5.74) is 6.20. The quantitative estimate of drug-likeness (QED) is 0.582. The summed E-state index contributed by atoms with van der Waals surface area (Å²) in [6, 6.07) is 15.4. The van der Waals surface area contributed by atoms with Gasteiger partial charge in [0.05, 0.1) is 0 Å². The second-order valence-corrected chi connectivity index (χ2v) is 10.0. The van der Waals surface area contributed by atoms with Gasteiger partial charge in [0.15, 0.2) is 0 Å². The van der Waals surface area contributed by atoms with E-state index in [0.717, 1.165) is 5.46 Å². The molecule has 0 atom stereocenters. The van der Waals surface area contributed by atoms with Crippen LogP contribution in [0, 0.1) is 0 Å². The minimum atomic E-state index is -0.108. The van der Waals surface area contributed by atoms with Gasteiger partial charge in [-0.15, -0.1) is 0 Å². The minimum Gasteiger partial charge on any atom is -0.0896 e. The van der Waals surface area contributed by atoms with Gasteiger partial charge < -0.3 is 0 Å². The van der Waals surface area contributed by atoms with Gasteiger partial charge >= 0.3 is 0 Å². The number of rotatable bonds is 4. The predicted octanol–water partition coefficient (Wildman–Crippen LogP) is 6.16. The van der Waals surface area contributed by atoms with E-state index in [1.807, 2.05) is 0 Å². The average molecular weight is 346 g/mol. The van der Waals surface area contributed by atoms with Crippen molar-refractivity contribution < 1.29 is 0 Å². The smallest absolute Gasteiger partial charge is 0.0896 e. The third-order valence-corrected chi connectivity index (χ3v) is 6.41. The summed E-state index contributed by atoms with van der Waals surface area (Å²) in [6.07, 6.45) is 0. The van der Waals surface area contributed by atoms with Gasteiger partial charge in [-0.1, -0.05) is 116 Å². The van der Waals surface area contributed by atoms with Crippen molar-refractivity contribution in [1.29, 1.82) is 0 Å². The summed E-state index contributed by atoms with van der Waals surface area (Å²) in [4.78, 5) is 0. The highest BCUT2D eigenvalue weighted by atomic mass is 14.5. The van der Waals surface area contributed by atoms with Gasteiger partial charge in [-0.3, -0.25) is 0 Å². The van der Waals surface area contributed by atoms with Crippen LogP contribution in [0.2, 0.25) is 0 Å². The zero-order chi connectivity index (χ0) is 19.9. The lowest BCUT2D eigenvalue weighted by molar-refractivity contribution is 0.299. The maximum absolute atomic E-state index is 6.67. The summed E-state index contributed by atoms with van der Waals surface area (Å²) < 4.78 is 0. The van der Waals surface area contributed by atoms with Crippen LogP contribution in [0.3, 0.4) is 0 Å². The van der Waals surface area contributed by atoms with Crippen LogP contribution in [0.5, 0.6) is 0 Å². The van der Waals surface area contributed by atoms with E-state index in [1.165, 1.54) is 22.3 Å². The Labute approximate surface area is 162 Å². The molecule has 0 saturated heterocycles. The fourth-order valence-corrected chi connectivity index (χ4v) is 3.99. The molecule has 0 saturated carbocycles. The fraction of sp³-hybridized carbons (Fsp3) is 0.520. The lowest BCUT2D eigenvalue weighted by atomic mass is 9.56. The van der Waals surface area contributed by atoms with E-state index >= 15 is 0 Å². The average Bonchev–Trinajstić information content (AvgIpc) is 2.53. The first-order chi connectivity index (χ1) is 11.8. The van der Waals surface area contributed by atoms with Crippen molar-refractivity contribution in [1.82, 2.24) is 0 Å². The molecule has 2 radical (unpaired) electrons. The summed E-state index contributed by atoms with van der Waals surface area (Å²) in [5, 5.41) is 0. The normalized spacial score (nSPS) is 13.3. The van der Waals surface area contributed by atoms with Crippen LogP contribution < -0.4 is 5.46 Å². The van der Waals surface area contributed by atoms with Crippen molar-refractivity contribution in [2.75, 3.05) is 0 Å². The highest BCUT2D eigenvalue weighted by Crippen LogP contribution is 2.46. The van der Waals surface area contributed by atoms with Crippen LogP contribution >= 0.6 is 0 Å². The first-order valence-electron chi connectivity index (χ1n) is 9.80. The monoisotopic (exact) mass is 346 g/mol. The molecule has 0 aromatic heterocycles. The van der Waals surface area contributed by atoms with E-state index in [-0.39, 0.29) is 16.2 Å². The zero-order valence-corrected chi connectivity index (χ0v) is 18.2. The lowest BCUT2D eigenvalue weighted by Crippen LogP contribution is -2.45.